The zero-order chi connectivity index (χ0) is 11.8. The van der Waals surface area contributed by atoms with E-state index in [1.54, 1.807) is 18.2 Å². The maximum absolute atomic E-state index is 13.1. The summed E-state index contributed by atoms with van der Waals surface area (Å²) < 4.78 is 18.3. The molecule has 0 aliphatic rings. The van der Waals surface area contributed by atoms with Crippen LogP contribution < -0.4 is 0 Å². The summed E-state index contributed by atoms with van der Waals surface area (Å²) in [4.78, 5) is 0. The lowest BCUT2D eigenvalue weighted by molar-refractivity contribution is 0.0207. The average molecular weight is 228 g/mol. The van der Waals surface area contributed by atoms with Crippen molar-refractivity contribution >= 4 is 0 Å². The van der Waals surface area contributed by atoms with Crippen LogP contribution in [0.15, 0.2) is 24.3 Å². The fraction of sp³-hybridized carbons (Fsp3) is 0.500. The van der Waals surface area contributed by atoms with Crippen LogP contribution >= 0.6 is 0 Å². The third-order valence-corrected chi connectivity index (χ3v) is 2.22. The van der Waals surface area contributed by atoms with Gasteiger partial charge in [-0.15, -0.1) is 0 Å². The van der Waals surface area contributed by atoms with Gasteiger partial charge in [0.15, 0.2) is 0 Å². The lowest BCUT2D eigenvalue weighted by Gasteiger charge is -2.10. The van der Waals surface area contributed by atoms with Crippen LogP contribution in [0.3, 0.4) is 0 Å². The first-order valence-corrected chi connectivity index (χ1v) is 5.34. The van der Waals surface area contributed by atoms with Gasteiger partial charge in [0.25, 0.3) is 0 Å². The Morgan fingerprint density at radius 1 is 1.31 bits per heavy atom. The van der Waals surface area contributed by atoms with Crippen LogP contribution in [0, 0.1) is 5.82 Å². The summed E-state index contributed by atoms with van der Waals surface area (Å²) in [6.45, 7) is 0.377. The van der Waals surface area contributed by atoms with Gasteiger partial charge < -0.3 is 14.9 Å². The Hall–Kier alpha value is -0.970. The van der Waals surface area contributed by atoms with Crippen molar-refractivity contribution in [2.24, 2.45) is 0 Å². The van der Waals surface area contributed by atoms with Crippen LogP contribution in [0.2, 0.25) is 0 Å². The Bertz CT molecular complexity index is 304. The minimum atomic E-state index is -0.598. The zero-order valence-corrected chi connectivity index (χ0v) is 9.10. The molecule has 1 aromatic carbocycles. The molecule has 0 spiro atoms. The summed E-state index contributed by atoms with van der Waals surface area (Å²) in [7, 11) is 0. The third-order valence-electron chi connectivity index (χ3n) is 2.22. The number of aliphatic hydroxyl groups is 2. The van der Waals surface area contributed by atoms with E-state index in [4.69, 9.17) is 9.84 Å². The molecule has 90 valence electrons. The van der Waals surface area contributed by atoms with Gasteiger partial charge in [-0.05, 0) is 18.9 Å². The van der Waals surface area contributed by atoms with E-state index >= 15 is 0 Å². The van der Waals surface area contributed by atoms with Crippen LogP contribution in [0.5, 0.6) is 0 Å². The topological polar surface area (TPSA) is 49.7 Å². The Labute approximate surface area is 94.5 Å². The van der Waals surface area contributed by atoms with Crippen molar-refractivity contribution in [1.82, 2.24) is 0 Å². The number of aliphatic hydroxyl groups excluding tert-OH is 2. The first-order valence-electron chi connectivity index (χ1n) is 5.34. The number of ether oxygens (including phenoxy) is 1. The lowest BCUT2D eigenvalue weighted by Crippen LogP contribution is -2.15. The maximum Gasteiger partial charge on any atom is 0.128 e. The Morgan fingerprint density at radius 3 is 2.75 bits per heavy atom. The standard InChI is InChI=1S/C12H17FO3/c13-12-6-2-1-4-10(12)8-16-9-11(15)5-3-7-14/h1-2,4,6,11,14-15H,3,5,7-9H2. The van der Waals surface area contributed by atoms with Gasteiger partial charge in [-0.1, -0.05) is 18.2 Å². The largest absolute Gasteiger partial charge is 0.396 e. The molecule has 0 saturated heterocycles. The molecule has 0 saturated carbocycles. The minimum Gasteiger partial charge on any atom is -0.396 e. The van der Waals surface area contributed by atoms with Crippen LogP contribution in [0.4, 0.5) is 4.39 Å². The first kappa shape index (κ1) is 13.1. The molecule has 3 nitrogen and oxygen atoms in total. The van der Waals surface area contributed by atoms with Gasteiger partial charge in [-0.2, -0.15) is 0 Å². The summed E-state index contributed by atoms with van der Waals surface area (Å²) in [6.07, 6.45) is 0.441. The van der Waals surface area contributed by atoms with E-state index in [1.807, 2.05) is 0 Å². The van der Waals surface area contributed by atoms with Crippen LogP contribution in [0.1, 0.15) is 18.4 Å². The summed E-state index contributed by atoms with van der Waals surface area (Å²) in [5.41, 5.74) is 0.483. The van der Waals surface area contributed by atoms with Gasteiger partial charge in [-0.3, -0.25) is 0 Å². The molecular weight excluding hydrogens is 211 g/mol. The zero-order valence-electron chi connectivity index (χ0n) is 9.10. The fourth-order valence-electron chi connectivity index (χ4n) is 1.33. The SMILES string of the molecule is OCCCC(O)COCc1ccccc1F. The van der Waals surface area contributed by atoms with E-state index in [-0.39, 0.29) is 25.6 Å². The molecular formula is C12H17FO3. The first-order chi connectivity index (χ1) is 7.74. The summed E-state index contributed by atoms with van der Waals surface area (Å²) in [6, 6.07) is 6.38. The number of benzene rings is 1. The Balaban J connectivity index is 2.23. The number of hydrogen-bond donors (Lipinski definition) is 2. The quantitative estimate of drug-likeness (QED) is 0.743. The Morgan fingerprint density at radius 2 is 2.06 bits per heavy atom. The maximum atomic E-state index is 13.1. The molecule has 0 heterocycles. The highest BCUT2D eigenvalue weighted by atomic mass is 19.1. The molecule has 0 aromatic heterocycles. The molecule has 0 bridgehead atoms. The van der Waals surface area contributed by atoms with E-state index in [1.165, 1.54) is 6.07 Å². The van der Waals surface area contributed by atoms with Gasteiger partial charge in [0, 0.05) is 12.2 Å². The molecule has 1 rings (SSSR count). The monoisotopic (exact) mass is 228 g/mol. The van der Waals surface area contributed by atoms with Crippen LogP contribution in [-0.4, -0.2) is 29.5 Å². The molecule has 0 radical (unpaired) electrons. The predicted octanol–water partition coefficient (Wildman–Crippen LogP) is 1.48. The van der Waals surface area contributed by atoms with Crippen molar-refractivity contribution in [2.45, 2.75) is 25.6 Å². The van der Waals surface area contributed by atoms with Crippen molar-refractivity contribution in [2.75, 3.05) is 13.2 Å². The summed E-state index contributed by atoms with van der Waals surface area (Å²) in [5, 5.41) is 18.0. The highest BCUT2D eigenvalue weighted by Crippen LogP contribution is 2.08. The van der Waals surface area contributed by atoms with Gasteiger partial charge >= 0.3 is 0 Å². The van der Waals surface area contributed by atoms with E-state index < -0.39 is 6.10 Å². The summed E-state index contributed by atoms with van der Waals surface area (Å²) in [5.74, 6) is -0.299. The third kappa shape index (κ3) is 4.70. The van der Waals surface area contributed by atoms with Gasteiger partial charge in [0.05, 0.1) is 19.3 Å². The molecule has 0 fully saturated rings. The summed E-state index contributed by atoms with van der Waals surface area (Å²) >= 11 is 0. The molecule has 0 amide bonds. The number of hydrogen-bond acceptors (Lipinski definition) is 3. The molecule has 1 unspecified atom stereocenters. The van der Waals surface area contributed by atoms with Crippen molar-refractivity contribution in [3.8, 4) is 0 Å². The molecule has 16 heavy (non-hydrogen) atoms. The molecule has 0 aliphatic carbocycles. The van der Waals surface area contributed by atoms with Crippen LogP contribution in [-0.2, 0) is 11.3 Å². The predicted molar refractivity (Wildman–Crippen MR) is 58.4 cm³/mol. The van der Waals surface area contributed by atoms with Gasteiger partial charge in [-0.25, -0.2) is 4.39 Å². The molecule has 4 heteroatoms. The average Bonchev–Trinajstić information content (AvgIpc) is 2.29. The van der Waals surface area contributed by atoms with Crippen molar-refractivity contribution < 1.29 is 19.3 Å². The normalized spacial score (nSPS) is 12.7. The van der Waals surface area contributed by atoms with Crippen molar-refractivity contribution in [3.05, 3.63) is 35.6 Å². The molecule has 2 N–H and O–H groups in total. The molecule has 1 atom stereocenters. The number of rotatable bonds is 7. The number of halogens is 1. The van der Waals surface area contributed by atoms with Crippen LogP contribution in [0.25, 0.3) is 0 Å². The van der Waals surface area contributed by atoms with E-state index in [0.717, 1.165) is 0 Å². The highest BCUT2D eigenvalue weighted by molar-refractivity contribution is 5.16. The van der Waals surface area contributed by atoms with E-state index in [0.29, 0.717) is 18.4 Å². The van der Waals surface area contributed by atoms with Crippen molar-refractivity contribution in [1.29, 1.82) is 0 Å². The smallest absolute Gasteiger partial charge is 0.128 e. The second-order valence-corrected chi connectivity index (χ2v) is 3.63. The van der Waals surface area contributed by atoms with Gasteiger partial charge in [0.2, 0.25) is 0 Å². The second-order valence-electron chi connectivity index (χ2n) is 3.63. The van der Waals surface area contributed by atoms with Gasteiger partial charge in [0.1, 0.15) is 5.82 Å². The minimum absolute atomic E-state index is 0.0599. The molecule has 1 aromatic rings. The molecule has 0 aliphatic heterocycles. The van der Waals surface area contributed by atoms with E-state index in [2.05, 4.69) is 0 Å². The van der Waals surface area contributed by atoms with Crippen molar-refractivity contribution in [3.63, 3.8) is 0 Å². The van der Waals surface area contributed by atoms with E-state index in [9.17, 15) is 9.50 Å². The second kappa shape index (κ2) is 7.33. The lowest BCUT2D eigenvalue weighted by atomic mass is 10.2. The Kier molecular flexibility index (Phi) is 6.00. The fourth-order valence-corrected chi connectivity index (χ4v) is 1.33. The highest BCUT2D eigenvalue weighted by Gasteiger charge is 2.05.